The predicted molar refractivity (Wildman–Crippen MR) is 104 cm³/mol. The van der Waals surface area contributed by atoms with Gasteiger partial charge in [0.15, 0.2) is 0 Å². The molecule has 0 amide bonds. The van der Waals surface area contributed by atoms with Crippen molar-refractivity contribution in [3.8, 4) is 0 Å². The first kappa shape index (κ1) is 18.8. The van der Waals surface area contributed by atoms with Crippen LogP contribution in [0, 0.1) is 17.3 Å². The maximum absolute atomic E-state index is 12.6. The third-order valence-corrected chi connectivity index (χ3v) is 4.69. The van der Waals surface area contributed by atoms with Crippen LogP contribution in [0.1, 0.15) is 11.4 Å². The van der Waals surface area contributed by atoms with Crippen LogP contribution >= 0.6 is 46.4 Å². The Morgan fingerprint density at radius 3 is 2.23 bits per heavy atom. The molecule has 0 spiro atoms. The third-order valence-electron chi connectivity index (χ3n) is 3.64. The number of nitrogens with zero attached hydrogens (tertiary/aromatic N) is 3. The smallest absolute Gasteiger partial charge is 0.305 e. The molecule has 6 nitrogen and oxygen atoms in total. The summed E-state index contributed by atoms with van der Waals surface area (Å²) in [7, 11) is 0. The first-order valence-electron chi connectivity index (χ1n) is 7.18. The number of anilines is 1. The molecule has 1 heterocycles. The van der Waals surface area contributed by atoms with Crippen LogP contribution in [0.15, 0.2) is 35.4 Å². The summed E-state index contributed by atoms with van der Waals surface area (Å²) in [5.41, 5.74) is 3.52. The number of nitrogens with one attached hydrogen (secondary N) is 1. The lowest BCUT2D eigenvalue weighted by Gasteiger charge is -2.09. The van der Waals surface area contributed by atoms with E-state index in [9.17, 15) is 10.4 Å². The molecule has 10 heteroatoms. The second-order valence-electron chi connectivity index (χ2n) is 5.31. The van der Waals surface area contributed by atoms with Crippen molar-refractivity contribution >= 4 is 69.3 Å². The maximum atomic E-state index is 12.6. The van der Waals surface area contributed by atoms with Gasteiger partial charge >= 0.3 is 5.69 Å². The zero-order chi connectivity index (χ0) is 19.0. The Morgan fingerprint density at radius 2 is 1.58 bits per heavy atom. The second kappa shape index (κ2) is 7.32. The van der Waals surface area contributed by atoms with E-state index in [1.165, 1.54) is 43.5 Å². The summed E-state index contributed by atoms with van der Waals surface area (Å²) in [6.07, 6.45) is 1.21. The standard InChI is InChI=1S/C16H10Cl4N4O2/c1-8-15(7-21-22-16-11(19)4-10(18)5-12(16)20)24(26)14-6-9(17)2-3-13(14)23(8)25/h2-7,22H,1H3/b21-7+. The van der Waals surface area contributed by atoms with Crippen LogP contribution in [0.2, 0.25) is 20.1 Å². The lowest BCUT2D eigenvalue weighted by molar-refractivity contribution is -0.634. The molecule has 0 saturated heterocycles. The van der Waals surface area contributed by atoms with Gasteiger partial charge in [0.2, 0.25) is 0 Å². The summed E-state index contributed by atoms with van der Waals surface area (Å²) < 4.78 is 1.23. The highest BCUT2D eigenvalue weighted by Gasteiger charge is 2.24. The van der Waals surface area contributed by atoms with Crippen molar-refractivity contribution in [2.24, 2.45) is 5.10 Å². The molecule has 2 aromatic carbocycles. The normalized spacial score (nSPS) is 11.4. The Balaban J connectivity index is 2.03. The van der Waals surface area contributed by atoms with Crippen LogP contribution in [0.25, 0.3) is 11.0 Å². The van der Waals surface area contributed by atoms with Crippen LogP contribution in [-0.4, -0.2) is 6.21 Å². The molecule has 3 rings (SSSR count). The topological polar surface area (TPSA) is 78.3 Å². The number of rotatable bonds is 3. The molecule has 0 fully saturated rings. The lowest BCUT2D eigenvalue weighted by Crippen LogP contribution is -2.44. The van der Waals surface area contributed by atoms with Crippen molar-refractivity contribution in [1.29, 1.82) is 0 Å². The molecule has 0 unspecified atom stereocenters. The van der Waals surface area contributed by atoms with Crippen molar-refractivity contribution in [1.82, 2.24) is 0 Å². The van der Waals surface area contributed by atoms with E-state index in [1.54, 1.807) is 0 Å². The predicted octanol–water partition coefficient (Wildman–Crippen LogP) is 4.47. The van der Waals surface area contributed by atoms with Gasteiger partial charge in [0.05, 0.1) is 15.7 Å². The quantitative estimate of drug-likeness (QED) is 0.287. The molecule has 0 saturated carbocycles. The molecule has 0 atom stereocenters. The highest BCUT2D eigenvalue weighted by atomic mass is 35.5. The number of fused-ring (bicyclic) bond motifs is 1. The number of hydrogen-bond acceptors (Lipinski definition) is 4. The van der Waals surface area contributed by atoms with E-state index in [-0.39, 0.29) is 32.5 Å². The van der Waals surface area contributed by atoms with Crippen LogP contribution in [0.3, 0.4) is 0 Å². The van der Waals surface area contributed by atoms with Gasteiger partial charge in [-0.3, -0.25) is 5.43 Å². The largest absolute Gasteiger partial charge is 0.618 e. The fraction of sp³-hybridized carbons (Fsp3) is 0.0625. The molecule has 0 aliphatic carbocycles. The van der Waals surface area contributed by atoms with Gasteiger partial charge in [-0.2, -0.15) is 14.6 Å². The summed E-state index contributed by atoms with van der Waals surface area (Å²) in [5, 5.41) is 30.2. The molecule has 3 aromatic rings. The van der Waals surface area contributed by atoms with Crippen LogP contribution in [-0.2, 0) is 0 Å². The van der Waals surface area contributed by atoms with E-state index < -0.39 is 0 Å². The highest BCUT2D eigenvalue weighted by Crippen LogP contribution is 2.33. The van der Waals surface area contributed by atoms with E-state index in [1.807, 2.05) is 0 Å². The molecule has 1 aromatic heterocycles. The summed E-state index contributed by atoms with van der Waals surface area (Å²) >= 11 is 23.9. The van der Waals surface area contributed by atoms with Gasteiger partial charge < -0.3 is 10.4 Å². The van der Waals surface area contributed by atoms with Crippen molar-refractivity contribution in [2.75, 3.05) is 5.43 Å². The molecule has 0 radical (unpaired) electrons. The van der Waals surface area contributed by atoms with Gasteiger partial charge in [-0.05, 0) is 18.2 Å². The number of hydrazone groups is 1. The van der Waals surface area contributed by atoms with Gasteiger partial charge in [0.1, 0.15) is 6.21 Å². The molecule has 0 aliphatic rings. The minimum Gasteiger partial charge on any atom is -0.618 e. The molecule has 26 heavy (non-hydrogen) atoms. The molecule has 0 aliphatic heterocycles. The summed E-state index contributed by atoms with van der Waals surface area (Å²) in [4.78, 5) is 0. The minimum atomic E-state index is 0.0449. The Hall–Kier alpha value is -1.99. The van der Waals surface area contributed by atoms with Crippen LogP contribution in [0.5, 0.6) is 0 Å². The van der Waals surface area contributed by atoms with E-state index in [0.717, 1.165) is 0 Å². The fourth-order valence-electron chi connectivity index (χ4n) is 2.35. The average molecular weight is 432 g/mol. The molecular weight excluding hydrogens is 422 g/mol. The second-order valence-corrected chi connectivity index (χ2v) is 6.99. The molecule has 1 N–H and O–H groups in total. The van der Waals surface area contributed by atoms with Crippen molar-refractivity contribution in [2.45, 2.75) is 6.92 Å². The van der Waals surface area contributed by atoms with E-state index in [0.29, 0.717) is 25.2 Å². The number of hydrogen-bond donors (Lipinski definition) is 1. The Labute approximate surface area is 168 Å². The highest BCUT2D eigenvalue weighted by molar-refractivity contribution is 6.41. The summed E-state index contributed by atoms with van der Waals surface area (Å²) in [6, 6.07) is 7.43. The van der Waals surface area contributed by atoms with Crippen LogP contribution < -0.4 is 14.9 Å². The van der Waals surface area contributed by atoms with E-state index in [2.05, 4.69) is 10.5 Å². The zero-order valence-electron chi connectivity index (χ0n) is 13.1. The molecule has 0 bridgehead atoms. The number of halogens is 4. The van der Waals surface area contributed by atoms with Crippen molar-refractivity contribution in [3.63, 3.8) is 0 Å². The van der Waals surface area contributed by atoms with Gasteiger partial charge in [-0.25, -0.2) is 0 Å². The van der Waals surface area contributed by atoms with Gasteiger partial charge in [0, 0.05) is 29.1 Å². The minimum absolute atomic E-state index is 0.0449. The Morgan fingerprint density at radius 1 is 0.923 bits per heavy atom. The molecule has 134 valence electrons. The summed E-state index contributed by atoms with van der Waals surface area (Å²) in [5.74, 6) is 0. The number of aromatic nitrogens is 2. The fourth-order valence-corrected chi connectivity index (χ4v) is 3.41. The van der Waals surface area contributed by atoms with Crippen molar-refractivity contribution < 1.29 is 9.46 Å². The van der Waals surface area contributed by atoms with Crippen molar-refractivity contribution in [3.05, 3.63) is 72.2 Å². The first-order valence-corrected chi connectivity index (χ1v) is 8.69. The third kappa shape index (κ3) is 3.46. The average Bonchev–Trinajstić information content (AvgIpc) is 2.57. The van der Waals surface area contributed by atoms with Gasteiger partial charge in [-0.1, -0.05) is 46.4 Å². The first-order chi connectivity index (χ1) is 12.3. The van der Waals surface area contributed by atoms with Gasteiger partial charge in [0.25, 0.3) is 16.7 Å². The summed E-state index contributed by atoms with van der Waals surface area (Å²) in [6.45, 7) is 1.51. The Bertz CT molecular complexity index is 1030. The lowest BCUT2D eigenvalue weighted by atomic mass is 10.2. The monoisotopic (exact) mass is 430 g/mol. The van der Waals surface area contributed by atoms with E-state index >= 15 is 0 Å². The Kier molecular flexibility index (Phi) is 5.29. The van der Waals surface area contributed by atoms with E-state index in [4.69, 9.17) is 46.4 Å². The SMILES string of the molecule is Cc1c(/C=N/Nc2c(Cl)cc(Cl)cc2Cl)[n+]([O-])c2cc(Cl)ccc2[n+]1[O-]. The van der Waals surface area contributed by atoms with Gasteiger partial charge in [-0.15, -0.1) is 0 Å². The van der Waals surface area contributed by atoms with Crippen LogP contribution in [0.4, 0.5) is 5.69 Å². The molecular formula is C16H10Cl4N4O2. The number of benzene rings is 2. The maximum Gasteiger partial charge on any atom is 0.305 e. The zero-order valence-corrected chi connectivity index (χ0v) is 16.2.